The molecular weight excluding hydrogens is 284 g/mol. The Kier molecular flexibility index (Phi) is 2.31. The fourth-order valence-electron chi connectivity index (χ4n) is 6.06. The molecule has 0 aromatic carbocycles. The van der Waals surface area contributed by atoms with E-state index in [4.69, 9.17) is 13.3 Å². The van der Waals surface area contributed by atoms with Crippen molar-refractivity contribution in [3.05, 3.63) is 11.6 Å². The van der Waals surface area contributed by atoms with Crippen molar-refractivity contribution in [2.45, 2.75) is 64.3 Å². The van der Waals surface area contributed by atoms with Gasteiger partial charge in [0.2, 0.25) is 0 Å². The monoisotopic (exact) mass is 317 g/mol. The summed E-state index contributed by atoms with van der Waals surface area (Å²) in [6, 6.07) is 0. The smallest absolute Gasteiger partial charge is 0.155 e. The molecule has 0 saturated heterocycles. The quantitative estimate of drug-likeness (QED) is 0.691. The van der Waals surface area contributed by atoms with Gasteiger partial charge in [0.05, 0.1) is 0 Å². The Balaban J connectivity index is 1.83. The van der Waals surface area contributed by atoms with Gasteiger partial charge in [0.1, 0.15) is 5.60 Å². The van der Waals surface area contributed by atoms with E-state index >= 15 is 0 Å². The highest BCUT2D eigenvalue weighted by Gasteiger charge is 2.62. The highest BCUT2D eigenvalue weighted by molar-refractivity contribution is 5.91. The molecule has 0 aliphatic heterocycles. The van der Waals surface area contributed by atoms with Crippen LogP contribution in [0.2, 0.25) is 0 Å². The number of allylic oxidation sites excluding steroid dienone is 1. The van der Waals surface area contributed by atoms with Gasteiger partial charge in [0.15, 0.2) is 5.78 Å². The van der Waals surface area contributed by atoms with Crippen molar-refractivity contribution in [3.63, 3.8) is 0 Å². The summed E-state index contributed by atoms with van der Waals surface area (Å²) >= 11 is 0. The fraction of sp³-hybridized carbons (Fsp3) is 0.762. The van der Waals surface area contributed by atoms with Gasteiger partial charge < -0.3 is 5.11 Å². The molecule has 2 heteroatoms. The van der Waals surface area contributed by atoms with E-state index in [1.165, 1.54) is 0 Å². The lowest BCUT2D eigenvalue weighted by atomic mass is 9.48. The van der Waals surface area contributed by atoms with E-state index in [1.807, 2.05) is 6.92 Å². The van der Waals surface area contributed by atoms with Gasteiger partial charge in [-0.15, -0.1) is 6.42 Å². The summed E-state index contributed by atoms with van der Waals surface area (Å²) in [6.45, 7) is -0.345. The van der Waals surface area contributed by atoms with Crippen LogP contribution in [0.25, 0.3) is 0 Å². The lowest BCUT2D eigenvalue weighted by molar-refractivity contribution is -0.117. The Morgan fingerprint density at radius 1 is 1.48 bits per heavy atom. The van der Waals surface area contributed by atoms with Crippen molar-refractivity contribution < 1.29 is 16.8 Å². The summed E-state index contributed by atoms with van der Waals surface area (Å²) in [7, 11) is 0. The van der Waals surface area contributed by atoms with Crippen molar-refractivity contribution in [3.8, 4) is 12.3 Å². The zero-order chi connectivity index (χ0) is 20.7. The average Bonchev–Trinajstić information content (AvgIpc) is 2.76. The van der Waals surface area contributed by atoms with Crippen LogP contribution in [0.4, 0.5) is 0 Å². The molecule has 0 aromatic rings. The van der Waals surface area contributed by atoms with Crippen molar-refractivity contribution >= 4 is 5.78 Å². The van der Waals surface area contributed by atoms with Crippen LogP contribution < -0.4 is 0 Å². The zero-order valence-corrected chi connectivity index (χ0v) is 13.6. The molecule has 3 fully saturated rings. The maximum absolute atomic E-state index is 12.0. The summed E-state index contributed by atoms with van der Waals surface area (Å²) in [5.74, 6) is 1.60. The number of carbonyl (C=O) groups excluding carboxylic acids is 1. The van der Waals surface area contributed by atoms with E-state index < -0.39 is 30.2 Å². The largest absolute Gasteiger partial charge is 0.377 e. The van der Waals surface area contributed by atoms with Crippen molar-refractivity contribution in [1.82, 2.24) is 0 Å². The van der Waals surface area contributed by atoms with E-state index in [1.54, 1.807) is 6.08 Å². The Bertz CT molecular complexity index is 779. The second-order valence-electron chi connectivity index (χ2n) is 8.18. The normalized spacial score (nSPS) is 58.0. The molecule has 0 bridgehead atoms. The molecule has 4 rings (SSSR count). The molecule has 4 aliphatic rings. The third-order valence-electron chi connectivity index (χ3n) is 7.35. The predicted molar refractivity (Wildman–Crippen MR) is 90.4 cm³/mol. The zero-order valence-electron chi connectivity index (χ0n) is 18.6. The highest BCUT2D eigenvalue weighted by Crippen LogP contribution is 2.65. The van der Waals surface area contributed by atoms with Gasteiger partial charge in [0.25, 0.3) is 0 Å². The Morgan fingerprint density at radius 2 is 2.30 bits per heavy atom. The molecule has 7 atom stereocenters. The molecular formula is C21H28O2. The van der Waals surface area contributed by atoms with Crippen molar-refractivity contribution in [2.24, 2.45) is 35.0 Å². The third kappa shape index (κ3) is 1.96. The highest BCUT2D eigenvalue weighted by atomic mass is 16.3. The number of hydrogen-bond donors (Lipinski definition) is 1. The number of rotatable bonds is 0. The van der Waals surface area contributed by atoms with E-state index in [0.29, 0.717) is 25.7 Å². The minimum Gasteiger partial charge on any atom is -0.377 e. The van der Waals surface area contributed by atoms with Gasteiger partial charge in [-0.25, -0.2) is 0 Å². The molecule has 0 heterocycles. The summed E-state index contributed by atoms with van der Waals surface area (Å²) in [5.41, 5.74) is -1.77. The van der Waals surface area contributed by atoms with Crippen LogP contribution in [0, 0.1) is 47.3 Å². The van der Waals surface area contributed by atoms with Crippen LogP contribution in [0.5, 0.6) is 0 Å². The second kappa shape index (κ2) is 4.96. The number of ketones is 1. The number of carbonyl (C=O) groups is 1. The number of aliphatic hydroxyl groups is 1. The molecule has 124 valence electrons. The summed E-state index contributed by atoms with van der Waals surface area (Å²) in [5, 5.41) is 11.2. The lowest BCUT2D eigenvalue weighted by Crippen LogP contribution is -2.53. The Labute approximate surface area is 146 Å². The first kappa shape index (κ1) is 10.7. The molecule has 0 spiro atoms. The molecule has 1 N–H and O–H groups in total. The van der Waals surface area contributed by atoms with Crippen LogP contribution in [0.1, 0.15) is 65.5 Å². The topological polar surface area (TPSA) is 37.3 Å². The fourth-order valence-corrected chi connectivity index (χ4v) is 6.06. The van der Waals surface area contributed by atoms with E-state index in [-0.39, 0.29) is 35.9 Å². The standard InChI is InChI=1S/C21H28O2/c1-4-21(23)10-8-18-19-13(2)11-14-12-15(22)5-6-16(14)17(19)7-9-20(18,21)3/h1,12-13,16-19,23H,5-11H2,2-3H3/t13-,16?,17-,18+,19-,20+,21+/m1/s1/i2D3,10D2. The molecule has 1 unspecified atom stereocenters. The number of fused-ring (bicyclic) bond motifs is 5. The third-order valence-corrected chi connectivity index (χ3v) is 7.35. The van der Waals surface area contributed by atoms with Gasteiger partial charge >= 0.3 is 0 Å². The minimum atomic E-state index is -2.20. The first-order chi connectivity index (χ1) is 12.9. The molecule has 4 aliphatic carbocycles. The first-order valence-corrected chi connectivity index (χ1v) is 8.79. The summed E-state index contributed by atoms with van der Waals surface area (Å²) in [4.78, 5) is 12.0. The maximum atomic E-state index is 12.0. The average molecular weight is 317 g/mol. The Morgan fingerprint density at radius 3 is 3.04 bits per heavy atom. The molecule has 2 nitrogen and oxygen atoms in total. The van der Waals surface area contributed by atoms with E-state index in [9.17, 15) is 9.90 Å². The molecule has 0 amide bonds. The van der Waals surface area contributed by atoms with Crippen molar-refractivity contribution in [2.75, 3.05) is 0 Å². The summed E-state index contributed by atoms with van der Waals surface area (Å²) < 4.78 is 41.5. The molecule has 0 radical (unpaired) electrons. The van der Waals surface area contributed by atoms with Gasteiger partial charge in [0, 0.05) is 18.7 Å². The maximum Gasteiger partial charge on any atom is 0.155 e. The van der Waals surface area contributed by atoms with Crippen LogP contribution in [-0.4, -0.2) is 16.5 Å². The van der Waals surface area contributed by atoms with Crippen LogP contribution >= 0.6 is 0 Å². The van der Waals surface area contributed by atoms with Gasteiger partial charge in [-0.3, -0.25) is 4.79 Å². The lowest BCUT2D eigenvalue weighted by Gasteiger charge is -2.56. The Hall–Kier alpha value is -1.07. The van der Waals surface area contributed by atoms with Crippen LogP contribution in [0.3, 0.4) is 0 Å². The SMILES string of the molecule is [2H]C([2H])([2H])[C@@H]1CC2=CC(=O)CCC2[C@H]2CC[C@@]3(C)[C@@H](CC([2H])([2H])[C@@]3(O)C#C)[C@@H]21. The van der Waals surface area contributed by atoms with Gasteiger partial charge in [-0.1, -0.05) is 25.3 Å². The molecule has 0 aromatic heterocycles. The minimum absolute atomic E-state index is 0.0774. The van der Waals surface area contributed by atoms with E-state index in [0.717, 1.165) is 12.0 Å². The number of terminal acetylenes is 1. The van der Waals surface area contributed by atoms with Gasteiger partial charge in [-0.05, 0) is 74.1 Å². The summed E-state index contributed by atoms with van der Waals surface area (Å²) in [6.07, 6.45) is 8.33. The molecule has 3 saturated carbocycles. The van der Waals surface area contributed by atoms with E-state index in [2.05, 4.69) is 5.92 Å². The van der Waals surface area contributed by atoms with Crippen LogP contribution in [0.15, 0.2) is 11.6 Å². The molecule has 23 heavy (non-hydrogen) atoms. The van der Waals surface area contributed by atoms with Crippen molar-refractivity contribution in [1.29, 1.82) is 0 Å². The first-order valence-electron chi connectivity index (χ1n) is 11.3. The van der Waals surface area contributed by atoms with Gasteiger partial charge in [-0.2, -0.15) is 0 Å². The van der Waals surface area contributed by atoms with Crippen LogP contribution in [-0.2, 0) is 4.79 Å². The second-order valence-corrected chi connectivity index (χ2v) is 8.18. The number of hydrogen-bond acceptors (Lipinski definition) is 2. The predicted octanol–water partition coefficient (Wildman–Crippen LogP) is 3.74.